The monoisotopic (exact) mass is 373 g/mol. The number of benzene rings is 1. The molecule has 1 aromatic carbocycles. The van der Waals surface area contributed by atoms with Gasteiger partial charge in [0, 0.05) is 22.8 Å². The summed E-state index contributed by atoms with van der Waals surface area (Å²) in [5, 5.41) is 1.98. The highest BCUT2D eigenvalue weighted by Gasteiger charge is 2.33. The Morgan fingerprint density at radius 1 is 1.29 bits per heavy atom. The van der Waals surface area contributed by atoms with Crippen LogP contribution in [0.5, 0.6) is 0 Å². The maximum absolute atomic E-state index is 13.4. The summed E-state index contributed by atoms with van der Waals surface area (Å²) in [4.78, 5) is 1.37. The molecule has 1 aliphatic heterocycles. The lowest BCUT2D eigenvalue weighted by atomic mass is 10.2. The number of nitrogens with zero attached hydrogens (tertiary/aromatic N) is 1. The first kappa shape index (κ1) is 18.7. The van der Waals surface area contributed by atoms with Gasteiger partial charge in [0.2, 0.25) is 0 Å². The summed E-state index contributed by atoms with van der Waals surface area (Å²) in [6.45, 7) is 12.1. The van der Waals surface area contributed by atoms with Gasteiger partial charge in [-0.1, -0.05) is 61.3 Å². The van der Waals surface area contributed by atoms with Crippen LogP contribution >= 0.6 is 15.9 Å². The first-order chi connectivity index (χ1) is 9.97. The molecule has 1 saturated heterocycles. The van der Waals surface area contributed by atoms with Gasteiger partial charge in [0.25, 0.3) is 0 Å². The average molecular weight is 374 g/mol. The third-order valence-corrected chi connectivity index (χ3v) is 7.61. The van der Waals surface area contributed by atoms with E-state index in [1.807, 2.05) is 43.5 Å². The largest absolute Gasteiger partial charge is 0.247 e. The molecule has 0 spiro atoms. The summed E-state index contributed by atoms with van der Waals surface area (Å²) >= 11 is 3.69. The van der Waals surface area contributed by atoms with Gasteiger partial charge in [0.15, 0.2) is 0 Å². The van der Waals surface area contributed by atoms with E-state index in [1.54, 1.807) is 0 Å². The van der Waals surface area contributed by atoms with E-state index in [0.717, 1.165) is 24.4 Å². The van der Waals surface area contributed by atoms with Gasteiger partial charge in [-0.3, -0.25) is 0 Å². The second-order valence-corrected chi connectivity index (χ2v) is 8.93. The lowest BCUT2D eigenvalue weighted by Crippen LogP contribution is -2.30. The minimum absolute atomic E-state index is 0.434. The zero-order valence-electron chi connectivity index (χ0n) is 13.8. The number of halogens is 1. The minimum Gasteiger partial charge on any atom is -0.247 e. The fourth-order valence-electron chi connectivity index (χ4n) is 2.42. The second-order valence-electron chi connectivity index (χ2n) is 5.30. The van der Waals surface area contributed by atoms with Crippen molar-refractivity contribution in [3.63, 3.8) is 0 Å². The van der Waals surface area contributed by atoms with E-state index in [-0.39, 0.29) is 0 Å². The normalized spacial score (nSPS) is 24.9. The predicted molar refractivity (Wildman–Crippen MR) is 98.7 cm³/mol. The highest BCUT2D eigenvalue weighted by atomic mass is 79.9. The van der Waals surface area contributed by atoms with E-state index in [4.69, 9.17) is 0 Å². The fourth-order valence-corrected chi connectivity index (χ4v) is 5.64. The second kappa shape index (κ2) is 8.35. The number of alkyl halides is 1. The Hall–Kier alpha value is -0.320. The number of hydrogen-bond acceptors (Lipinski definition) is 1. The topological polar surface area (TPSA) is 20.3 Å². The molecule has 1 fully saturated rings. The summed E-state index contributed by atoms with van der Waals surface area (Å²) in [7, 11) is -2.20. The molecule has 120 valence electrons. The molecule has 21 heavy (non-hydrogen) atoms. The van der Waals surface area contributed by atoms with Crippen molar-refractivity contribution >= 4 is 31.0 Å². The molecule has 0 bridgehead atoms. The van der Waals surface area contributed by atoms with Gasteiger partial charge in [-0.15, -0.1) is 0 Å². The average Bonchev–Trinajstić information content (AvgIpc) is 2.82. The molecule has 2 rings (SSSR count). The van der Waals surface area contributed by atoms with Crippen LogP contribution in [0, 0.1) is 12.8 Å². The smallest absolute Gasteiger partial charge is 0.0589 e. The highest BCUT2D eigenvalue weighted by molar-refractivity contribution is 9.09. The predicted octanol–water partition coefficient (Wildman–Crippen LogP) is 4.51. The number of rotatable bonds is 3. The molecule has 2 nitrogen and oxygen atoms in total. The molecule has 1 aliphatic rings. The van der Waals surface area contributed by atoms with Crippen LogP contribution in [-0.4, -0.2) is 31.8 Å². The van der Waals surface area contributed by atoms with Crippen LogP contribution in [0.3, 0.4) is 0 Å². The van der Waals surface area contributed by atoms with Crippen LogP contribution < -0.4 is 0 Å². The van der Waals surface area contributed by atoms with Crippen LogP contribution in [0.1, 0.15) is 39.7 Å². The van der Waals surface area contributed by atoms with E-state index in [1.165, 1.54) is 5.56 Å². The Kier molecular flexibility index (Phi) is 7.45. The van der Waals surface area contributed by atoms with E-state index >= 15 is 0 Å². The molecule has 4 heteroatoms. The quantitative estimate of drug-likeness (QED) is 0.563. The Labute approximate surface area is 139 Å². The molecule has 0 aliphatic carbocycles. The van der Waals surface area contributed by atoms with Crippen molar-refractivity contribution < 1.29 is 4.21 Å². The van der Waals surface area contributed by atoms with Crippen LogP contribution in [-0.2, 0) is 9.71 Å². The van der Waals surface area contributed by atoms with Gasteiger partial charge in [-0.2, -0.15) is 0 Å². The Balaban J connectivity index is 0.00000106. The molecule has 0 radical (unpaired) electrons. The van der Waals surface area contributed by atoms with E-state index < -0.39 is 9.71 Å². The number of aryl methyl sites for hydroxylation is 1. The lowest BCUT2D eigenvalue weighted by Gasteiger charge is -2.23. The summed E-state index contributed by atoms with van der Waals surface area (Å²) in [5.41, 5.74) is 1.20. The number of hydrogen-bond donors (Lipinski definition) is 0. The van der Waals surface area contributed by atoms with Crippen molar-refractivity contribution in [3.8, 4) is 0 Å². The maximum atomic E-state index is 13.4. The molecule has 0 amide bonds. The van der Waals surface area contributed by atoms with Crippen molar-refractivity contribution in [1.82, 2.24) is 4.31 Å². The Morgan fingerprint density at radius 2 is 1.86 bits per heavy atom. The van der Waals surface area contributed by atoms with Crippen molar-refractivity contribution in [2.75, 3.05) is 13.1 Å². The van der Waals surface area contributed by atoms with Crippen molar-refractivity contribution in [1.29, 1.82) is 0 Å². The first-order valence-corrected chi connectivity index (χ1v) is 10.3. The highest BCUT2D eigenvalue weighted by Crippen LogP contribution is 2.29. The summed E-state index contributed by atoms with van der Waals surface area (Å²) in [6.07, 6.45) is 0.824. The SMILES string of the molecule is CC.CCC=S(=O)(c1ccc(C)cc1)N1CC(C)C(Br)C1. The summed E-state index contributed by atoms with van der Waals surface area (Å²) in [5.74, 6) is 0.538. The van der Waals surface area contributed by atoms with Gasteiger partial charge in [0.1, 0.15) is 0 Å². The summed E-state index contributed by atoms with van der Waals surface area (Å²) in [6, 6.07) is 8.11. The molecule has 0 N–H and O–H groups in total. The Morgan fingerprint density at radius 3 is 2.29 bits per heavy atom. The van der Waals surface area contributed by atoms with E-state index in [2.05, 4.69) is 41.0 Å². The molecule has 0 aromatic heterocycles. The molecule has 3 atom stereocenters. The van der Waals surface area contributed by atoms with Gasteiger partial charge in [0.05, 0.1) is 9.71 Å². The molecule has 3 unspecified atom stereocenters. The van der Waals surface area contributed by atoms with Crippen LogP contribution in [0.15, 0.2) is 29.2 Å². The molecular weight excluding hydrogens is 346 g/mol. The van der Waals surface area contributed by atoms with Crippen LogP contribution in [0.2, 0.25) is 0 Å². The molecule has 1 aromatic rings. The third kappa shape index (κ3) is 4.33. The maximum Gasteiger partial charge on any atom is 0.0589 e. The van der Waals surface area contributed by atoms with Gasteiger partial charge < -0.3 is 0 Å². The van der Waals surface area contributed by atoms with Crippen molar-refractivity contribution in [2.45, 2.75) is 50.8 Å². The van der Waals surface area contributed by atoms with Crippen LogP contribution in [0.4, 0.5) is 0 Å². The van der Waals surface area contributed by atoms with Gasteiger partial charge >= 0.3 is 0 Å². The Bertz CT molecular complexity index is 536. The first-order valence-electron chi connectivity index (χ1n) is 7.80. The zero-order valence-corrected chi connectivity index (χ0v) is 16.2. The minimum atomic E-state index is -2.20. The van der Waals surface area contributed by atoms with Gasteiger partial charge in [-0.25, -0.2) is 8.51 Å². The van der Waals surface area contributed by atoms with E-state index in [9.17, 15) is 4.21 Å². The lowest BCUT2D eigenvalue weighted by molar-refractivity contribution is 0.510. The fraction of sp³-hybridized carbons (Fsp3) is 0.588. The van der Waals surface area contributed by atoms with Crippen molar-refractivity contribution in [3.05, 3.63) is 29.8 Å². The zero-order chi connectivity index (χ0) is 16.0. The summed E-state index contributed by atoms with van der Waals surface area (Å²) < 4.78 is 15.6. The molecular formula is C17H28BrNOS. The molecule has 1 heterocycles. The van der Waals surface area contributed by atoms with Crippen LogP contribution in [0.25, 0.3) is 0 Å². The standard InChI is InChI=1S/C15H22BrNOS.C2H6/c1-4-9-19(18,14-7-5-12(2)6-8-14)17-10-13(3)15(16)11-17;1-2/h5-9,13,15H,4,10-11H2,1-3H3;1-2H3. The van der Waals surface area contributed by atoms with E-state index in [0.29, 0.717) is 10.7 Å². The molecule has 0 saturated carbocycles. The van der Waals surface area contributed by atoms with Gasteiger partial charge in [-0.05, 0) is 36.8 Å². The third-order valence-electron chi connectivity index (χ3n) is 3.62. The van der Waals surface area contributed by atoms with Crippen molar-refractivity contribution in [2.24, 2.45) is 5.92 Å².